The summed E-state index contributed by atoms with van der Waals surface area (Å²) in [5.41, 5.74) is 3.35. The molecule has 0 radical (unpaired) electrons. The van der Waals surface area contributed by atoms with Gasteiger partial charge in [0.05, 0.1) is 5.52 Å². The average Bonchev–Trinajstić information content (AvgIpc) is 2.46. The van der Waals surface area contributed by atoms with Gasteiger partial charge >= 0.3 is 0 Å². The zero-order valence-corrected chi connectivity index (χ0v) is 10.8. The van der Waals surface area contributed by atoms with Crippen molar-refractivity contribution >= 4 is 10.9 Å². The van der Waals surface area contributed by atoms with Crippen LogP contribution < -0.4 is 4.74 Å². The highest BCUT2D eigenvalue weighted by atomic mass is 16.5. The molecule has 0 fully saturated rings. The fourth-order valence-electron chi connectivity index (χ4n) is 2.10. The standard InChI is InChI=1S/C17H15NO/c1-13-7-8-16-15(11-13)17(9-10-18-16)19-12-14-5-3-2-4-6-14/h2-11H,12H2,1H3. The lowest BCUT2D eigenvalue weighted by molar-refractivity contribution is 0.310. The van der Waals surface area contributed by atoms with Gasteiger partial charge in [0.1, 0.15) is 12.4 Å². The van der Waals surface area contributed by atoms with Crippen LogP contribution in [-0.4, -0.2) is 4.98 Å². The van der Waals surface area contributed by atoms with Crippen molar-refractivity contribution in [3.63, 3.8) is 0 Å². The second-order valence-corrected chi connectivity index (χ2v) is 4.60. The first-order valence-electron chi connectivity index (χ1n) is 6.35. The van der Waals surface area contributed by atoms with Crippen LogP contribution in [0.1, 0.15) is 11.1 Å². The van der Waals surface area contributed by atoms with E-state index in [2.05, 4.69) is 36.2 Å². The molecule has 0 saturated carbocycles. The number of fused-ring (bicyclic) bond motifs is 1. The van der Waals surface area contributed by atoms with Crippen molar-refractivity contribution < 1.29 is 4.74 Å². The highest BCUT2D eigenvalue weighted by Crippen LogP contribution is 2.25. The molecule has 1 aromatic heterocycles. The lowest BCUT2D eigenvalue weighted by Gasteiger charge is -2.09. The summed E-state index contributed by atoms with van der Waals surface area (Å²) in [6.07, 6.45) is 1.79. The van der Waals surface area contributed by atoms with Crippen LogP contribution in [0.15, 0.2) is 60.8 Å². The van der Waals surface area contributed by atoms with E-state index in [1.165, 1.54) is 11.1 Å². The Kier molecular flexibility index (Phi) is 3.15. The molecule has 3 rings (SSSR count). The Hall–Kier alpha value is -2.35. The summed E-state index contributed by atoms with van der Waals surface area (Å²) in [4.78, 5) is 4.36. The fraction of sp³-hybridized carbons (Fsp3) is 0.118. The first-order valence-corrected chi connectivity index (χ1v) is 6.35. The van der Waals surface area contributed by atoms with E-state index in [9.17, 15) is 0 Å². The van der Waals surface area contributed by atoms with Crippen LogP contribution in [-0.2, 0) is 6.61 Å². The van der Waals surface area contributed by atoms with Crippen molar-refractivity contribution in [1.29, 1.82) is 0 Å². The summed E-state index contributed by atoms with van der Waals surface area (Å²) < 4.78 is 5.92. The monoisotopic (exact) mass is 249 g/mol. The largest absolute Gasteiger partial charge is 0.488 e. The quantitative estimate of drug-likeness (QED) is 0.696. The third kappa shape index (κ3) is 2.58. The zero-order valence-electron chi connectivity index (χ0n) is 10.8. The molecular formula is C17H15NO. The van der Waals surface area contributed by atoms with Gasteiger partial charge in [0.25, 0.3) is 0 Å². The van der Waals surface area contributed by atoms with Gasteiger partial charge in [-0.05, 0) is 30.7 Å². The fourth-order valence-corrected chi connectivity index (χ4v) is 2.10. The van der Waals surface area contributed by atoms with Gasteiger partial charge in [0.15, 0.2) is 0 Å². The molecule has 0 spiro atoms. The minimum absolute atomic E-state index is 0.577. The molecule has 2 aromatic carbocycles. The van der Waals surface area contributed by atoms with E-state index in [1.807, 2.05) is 30.3 Å². The van der Waals surface area contributed by atoms with E-state index in [0.29, 0.717) is 6.61 Å². The van der Waals surface area contributed by atoms with E-state index in [0.717, 1.165) is 16.7 Å². The Morgan fingerprint density at radius 3 is 2.68 bits per heavy atom. The van der Waals surface area contributed by atoms with Crippen LogP contribution >= 0.6 is 0 Å². The third-order valence-corrected chi connectivity index (χ3v) is 3.09. The Morgan fingerprint density at radius 1 is 1.00 bits per heavy atom. The highest BCUT2D eigenvalue weighted by Gasteiger charge is 2.03. The molecule has 3 aromatic rings. The summed E-state index contributed by atoms with van der Waals surface area (Å²) in [5, 5.41) is 1.07. The number of aromatic nitrogens is 1. The molecule has 0 aliphatic heterocycles. The van der Waals surface area contributed by atoms with Crippen LogP contribution in [0.25, 0.3) is 10.9 Å². The van der Waals surface area contributed by atoms with E-state index in [4.69, 9.17) is 4.74 Å². The molecule has 0 N–H and O–H groups in total. The van der Waals surface area contributed by atoms with E-state index in [-0.39, 0.29) is 0 Å². The number of ether oxygens (including phenoxy) is 1. The first kappa shape index (κ1) is 11.7. The van der Waals surface area contributed by atoms with Crippen molar-refractivity contribution in [3.05, 3.63) is 71.9 Å². The Bertz CT molecular complexity index is 692. The Labute approximate surface area is 112 Å². The van der Waals surface area contributed by atoms with Crippen LogP contribution in [0, 0.1) is 6.92 Å². The average molecular weight is 249 g/mol. The lowest BCUT2D eigenvalue weighted by Crippen LogP contribution is -1.96. The number of benzene rings is 2. The van der Waals surface area contributed by atoms with E-state index < -0.39 is 0 Å². The molecule has 0 bridgehead atoms. The molecule has 2 heteroatoms. The van der Waals surface area contributed by atoms with Gasteiger partial charge in [-0.2, -0.15) is 0 Å². The van der Waals surface area contributed by atoms with Gasteiger partial charge < -0.3 is 4.74 Å². The predicted octanol–water partition coefficient (Wildman–Crippen LogP) is 4.12. The van der Waals surface area contributed by atoms with Crippen molar-refractivity contribution in [2.75, 3.05) is 0 Å². The molecule has 0 aliphatic rings. The van der Waals surface area contributed by atoms with Gasteiger partial charge in [-0.1, -0.05) is 42.0 Å². The van der Waals surface area contributed by atoms with Gasteiger partial charge in [0, 0.05) is 11.6 Å². The number of hydrogen-bond acceptors (Lipinski definition) is 2. The first-order chi connectivity index (χ1) is 9.33. The van der Waals surface area contributed by atoms with Gasteiger partial charge in [-0.15, -0.1) is 0 Å². The molecule has 0 atom stereocenters. The highest BCUT2D eigenvalue weighted by molar-refractivity contribution is 5.85. The molecule has 0 saturated heterocycles. The topological polar surface area (TPSA) is 22.1 Å². The minimum atomic E-state index is 0.577. The molecular weight excluding hydrogens is 234 g/mol. The van der Waals surface area contributed by atoms with E-state index in [1.54, 1.807) is 6.20 Å². The molecule has 1 heterocycles. The molecule has 0 unspecified atom stereocenters. The van der Waals surface area contributed by atoms with E-state index >= 15 is 0 Å². The smallest absolute Gasteiger partial charge is 0.130 e. The summed E-state index contributed by atoms with van der Waals surface area (Å²) in [6, 6.07) is 18.3. The summed E-state index contributed by atoms with van der Waals surface area (Å²) in [6.45, 7) is 2.65. The van der Waals surface area contributed by atoms with Gasteiger partial charge in [0.2, 0.25) is 0 Å². The molecule has 0 amide bonds. The third-order valence-electron chi connectivity index (χ3n) is 3.09. The number of rotatable bonds is 3. The van der Waals surface area contributed by atoms with Crippen molar-refractivity contribution in [3.8, 4) is 5.75 Å². The Balaban J connectivity index is 1.90. The van der Waals surface area contributed by atoms with Crippen molar-refractivity contribution in [2.45, 2.75) is 13.5 Å². The summed E-state index contributed by atoms with van der Waals surface area (Å²) in [5.74, 6) is 0.887. The number of hydrogen-bond donors (Lipinski definition) is 0. The second kappa shape index (κ2) is 5.11. The molecule has 2 nitrogen and oxygen atoms in total. The molecule has 94 valence electrons. The Morgan fingerprint density at radius 2 is 1.84 bits per heavy atom. The maximum absolute atomic E-state index is 5.92. The minimum Gasteiger partial charge on any atom is -0.488 e. The van der Waals surface area contributed by atoms with Gasteiger partial charge in [-0.25, -0.2) is 0 Å². The summed E-state index contributed by atoms with van der Waals surface area (Å²) in [7, 11) is 0. The second-order valence-electron chi connectivity index (χ2n) is 4.60. The lowest BCUT2D eigenvalue weighted by atomic mass is 10.1. The van der Waals surface area contributed by atoms with Gasteiger partial charge in [-0.3, -0.25) is 4.98 Å². The maximum atomic E-state index is 5.92. The number of nitrogens with zero attached hydrogens (tertiary/aromatic N) is 1. The van der Waals surface area contributed by atoms with Crippen LogP contribution in [0.4, 0.5) is 0 Å². The number of aryl methyl sites for hydroxylation is 1. The predicted molar refractivity (Wildman–Crippen MR) is 77.3 cm³/mol. The normalized spacial score (nSPS) is 10.6. The molecule has 19 heavy (non-hydrogen) atoms. The zero-order chi connectivity index (χ0) is 13.1. The van der Waals surface area contributed by atoms with Crippen molar-refractivity contribution in [2.24, 2.45) is 0 Å². The van der Waals surface area contributed by atoms with Crippen molar-refractivity contribution in [1.82, 2.24) is 4.98 Å². The van der Waals surface area contributed by atoms with Crippen LogP contribution in [0.5, 0.6) is 5.75 Å². The maximum Gasteiger partial charge on any atom is 0.130 e. The van der Waals surface area contributed by atoms with Crippen LogP contribution in [0.3, 0.4) is 0 Å². The SMILES string of the molecule is Cc1ccc2nccc(OCc3ccccc3)c2c1. The molecule has 0 aliphatic carbocycles. The summed E-state index contributed by atoms with van der Waals surface area (Å²) >= 11 is 0. The number of pyridine rings is 1. The van der Waals surface area contributed by atoms with Crippen LogP contribution in [0.2, 0.25) is 0 Å².